The summed E-state index contributed by atoms with van der Waals surface area (Å²) in [6.45, 7) is 4.30. The van der Waals surface area contributed by atoms with Gasteiger partial charge in [-0.05, 0) is 17.5 Å². The normalized spacial score (nSPS) is 31.8. The number of amides is 2. The van der Waals surface area contributed by atoms with Crippen LogP contribution in [0.3, 0.4) is 0 Å². The molecule has 1 N–H and O–H groups in total. The van der Waals surface area contributed by atoms with Gasteiger partial charge in [-0.3, -0.25) is 9.59 Å². The second kappa shape index (κ2) is 5.64. The molecule has 1 aromatic carbocycles. The lowest BCUT2D eigenvalue weighted by molar-refractivity contribution is -0.128. The zero-order valence-corrected chi connectivity index (χ0v) is 13.3. The van der Waals surface area contributed by atoms with Crippen LogP contribution in [0.5, 0.6) is 0 Å². The molecule has 23 heavy (non-hydrogen) atoms. The second-order valence-corrected chi connectivity index (χ2v) is 6.87. The van der Waals surface area contributed by atoms with Crippen molar-refractivity contribution >= 4 is 11.8 Å². The van der Waals surface area contributed by atoms with Gasteiger partial charge < -0.3 is 15.0 Å². The highest BCUT2D eigenvalue weighted by molar-refractivity contribution is 5.80. The number of rotatable bonds is 2. The molecule has 5 nitrogen and oxygen atoms in total. The highest BCUT2D eigenvalue weighted by atomic mass is 16.5. The maximum Gasteiger partial charge on any atom is 0.226 e. The van der Waals surface area contributed by atoms with Gasteiger partial charge in [0.15, 0.2) is 0 Å². The zero-order valence-electron chi connectivity index (χ0n) is 13.3. The van der Waals surface area contributed by atoms with Crippen LogP contribution in [-0.4, -0.2) is 43.0 Å². The number of carbonyl (C=O) groups is 2. The van der Waals surface area contributed by atoms with Crippen LogP contribution in [0.15, 0.2) is 24.3 Å². The fraction of sp³-hybridized carbons (Fsp3) is 0.556. The Morgan fingerprint density at radius 1 is 1.22 bits per heavy atom. The summed E-state index contributed by atoms with van der Waals surface area (Å²) in [5.74, 6) is 0.782. The van der Waals surface area contributed by atoms with E-state index in [2.05, 4.69) is 17.4 Å². The van der Waals surface area contributed by atoms with Crippen molar-refractivity contribution in [3.8, 4) is 0 Å². The third-order valence-corrected chi connectivity index (χ3v) is 5.57. The number of fused-ring (bicyclic) bond motifs is 3. The molecule has 2 amide bonds. The molecule has 122 valence electrons. The van der Waals surface area contributed by atoms with Crippen molar-refractivity contribution in [1.29, 1.82) is 0 Å². The molecule has 0 unspecified atom stereocenters. The topological polar surface area (TPSA) is 58.6 Å². The number of benzene rings is 1. The molecule has 3 aliphatic rings. The maximum atomic E-state index is 12.5. The summed E-state index contributed by atoms with van der Waals surface area (Å²) in [6, 6.07) is 8.33. The fourth-order valence-electron chi connectivity index (χ4n) is 4.31. The van der Waals surface area contributed by atoms with E-state index in [0.717, 1.165) is 19.5 Å². The van der Waals surface area contributed by atoms with E-state index in [4.69, 9.17) is 4.74 Å². The summed E-state index contributed by atoms with van der Waals surface area (Å²) < 4.78 is 5.33. The molecule has 0 saturated carbocycles. The molecule has 2 saturated heterocycles. The maximum absolute atomic E-state index is 12.5. The molecular formula is C18H22N2O3. The van der Waals surface area contributed by atoms with Gasteiger partial charge in [0.05, 0.1) is 18.6 Å². The van der Waals surface area contributed by atoms with Gasteiger partial charge in [-0.15, -0.1) is 0 Å². The van der Waals surface area contributed by atoms with E-state index in [0.29, 0.717) is 19.1 Å². The third-order valence-electron chi connectivity index (χ3n) is 5.57. The molecule has 2 aliphatic heterocycles. The van der Waals surface area contributed by atoms with Gasteiger partial charge >= 0.3 is 0 Å². The number of likely N-dealkylation sites (tertiary alicyclic amines) is 1. The van der Waals surface area contributed by atoms with Gasteiger partial charge in [0.2, 0.25) is 11.8 Å². The van der Waals surface area contributed by atoms with Crippen LogP contribution in [0.2, 0.25) is 0 Å². The van der Waals surface area contributed by atoms with Crippen molar-refractivity contribution in [1.82, 2.24) is 10.2 Å². The van der Waals surface area contributed by atoms with E-state index < -0.39 is 0 Å². The summed E-state index contributed by atoms with van der Waals surface area (Å²) in [7, 11) is 0. The predicted octanol–water partition coefficient (Wildman–Crippen LogP) is 1.46. The first kappa shape index (κ1) is 14.7. The molecule has 2 heterocycles. The van der Waals surface area contributed by atoms with Gasteiger partial charge in [-0.1, -0.05) is 24.3 Å². The minimum atomic E-state index is -0.0356. The molecular weight excluding hydrogens is 292 g/mol. The van der Waals surface area contributed by atoms with E-state index in [1.807, 2.05) is 17.0 Å². The van der Waals surface area contributed by atoms with Gasteiger partial charge in [0, 0.05) is 38.5 Å². The van der Waals surface area contributed by atoms with Crippen molar-refractivity contribution in [2.75, 3.05) is 26.3 Å². The molecule has 2 fully saturated rings. The quantitative estimate of drug-likeness (QED) is 0.899. The minimum Gasteiger partial charge on any atom is -0.381 e. The van der Waals surface area contributed by atoms with Gasteiger partial charge in [0.25, 0.3) is 0 Å². The number of carbonyl (C=O) groups excluding carboxylic acids is 2. The summed E-state index contributed by atoms with van der Waals surface area (Å²) in [4.78, 5) is 26.2. The Hall–Kier alpha value is -1.88. The van der Waals surface area contributed by atoms with Crippen LogP contribution < -0.4 is 5.32 Å². The zero-order chi connectivity index (χ0) is 16.0. The number of nitrogens with zero attached hydrogens (tertiary/aromatic N) is 1. The molecule has 5 heteroatoms. The average Bonchev–Trinajstić information content (AvgIpc) is 3.24. The smallest absolute Gasteiger partial charge is 0.226 e. The molecule has 1 aliphatic carbocycles. The number of hydrogen-bond donors (Lipinski definition) is 1. The molecule has 4 atom stereocenters. The Bertz CT molecular complexity index is 639. The third kappa shape index (κ3) is 2.43. The van der Waals surface area contributed by atoms with Gasteiger partial charge in [0.1, 0.15) is 0 Å². The molecule has 0 aromatic heterocycles. The predicted molar refractivity (Wildman–Crippen MR) is 84.7 cm³/mol. The summed E-state index contributed by atoms with van der Waals surface area (Å²) in [5.41, 5.74) is 2.51. The van der Waals surface area contributed by atoms with Crippen molar-refractivity contribution in [3.63, 3.8) is 0 Å². The first-order valence-electron chi connectivity index (χ1n) is 8.37. The lowest BCUT2D eigenvalue weighted by atomic mass is 9.94. The van der Waals surface area contributed by atoms with Crippen LogP contribution in [0.1, 0.15) is 36.4 Å². The van der Waals surface area contributed by atoms with E-state index in [9.17, 15) is 9.59 Å². The Kier molecular flexibility index (Phi) is 3.60. The molecule has 4 rings (SSSR count). The first-order chi connectivity index (χ1) is 11.1. The highest BCUT2D eigenvalue weighted by Gasteiger charge is 2.47. The minimum absolute atomic E-state index is 0.00801. The van der Waals surface area contributed by atoms with Crippen molar-refractivity contribution in [3.05, 3.63) is 35.4 Å². The lowest BCUT2D eigenvalue weighted by Gasteiger charge is -2.23. The largest absolute Gasteiger partial charge is 0.381 e. The van der Waals surface area contributed by atoms with E-state index in [1.165, 1.54) is 11.1 Å². The monoisotopic (exact) mass is 314 g/mol. The molecule has 0 bridgehead atoms. The Labute approximate surface area is 136 Å². The first-order valence-corrected chi connectivity index (χ1v) is 8.37. The van der Waals surface area contributed by atoms with Crippen LogP contribution in [-0.2, 0) is 14.3 Å². The number of hydrogen-bond acceptors (Lipinski definition) is 3. The van der Waals surface area contributed by atoms with E-state index in [-0.39, 0.29) is 29.7 Å². The molecule has 0 radical (unpaired) electrons. The lowest BCUT2D eigenvalue weighted by Crippen LogP contribution is -2.38. The SMILES string of the molecule is CC(=O)N1C[C@@H]2[C@H](NC(=O)[C@@H]3CCOC3)c3ccccc3[C@@H]2C1. The number of ether oxygens (including phenoxy) is 1. The second-order valence-electron chi connectivity index (χ2n) is 6.87. The molecule has 1 aromatic rings. The standard InChI is InChI=1S/C18H22N2O3/c1-11(21)20-8-15-13-4-2-3-5-14(13)17(16(15)9-20)19-18(22)12-6-7-23-10-12/h2-5,12,15-17H,6-10H2,1H3,(H,19,22)/t12-,15+,16+,17-/m1/s1. The summed E-state index contributed by atoms with van der Waals surface area (Å²) in [5, 5.41) is 3.25. The fourth-order valence-corrected chi connectivity index (χ4v) is 4.31. The Morgan fingerprint density at radius 2 is 2.00 bits per heavy atom. The van der Waals surface area contributed by atoms with Crippen LogP contribution in [0.25, 0.3) is 0 Å². The highest BCUT2D eigenvalue weighted by Crippen LogP contribution is 2.49. The van der Waals surface area contributed by atoms with Crippen LogP contribution >= 0.6 is 0 Å². The van der Waals surface area contributed by atoms with Gasteiger partial charge in [-0.25, -0.2) is 0 Å². The van der Waals surface area contributed by atoms with Crippen molar-refractivity contribution in [2.45, 2.75) is 25.3 Å². The van der Waals surface area contributed by atoms with E-state index >= 15 is 0 Å². The van der Waals surface area contributed by atoms with Crippen LogP contribution in [0, 0.1) is 11.8 Å². The Morgan fingerprint density at radius 3 is 2.70 bits per heavy atom. The summed E-state index contributed by atoms with van der Waals surface area (Å²) in [6.07, 6.45) is 0.799. The van der Waals surface area contributed by atoms with Crippen molar-refractivity contribution in [2.24, 2.45) is 11.8 Å². The Balaban J connectivity index is 1.59. The van der Waals surface area contributed by atoms with Gasteiger partial charge in [-0.2, -0.15) is 0 Å². The average molecular weight is 314 g/mol. The molecule has 0 spiro atoms. The van der Waals surface area contributed by atoms with E-state index in [1.54, 1.807) is 6.92 Å². The van der Waals surface area contributed by atoms with Crippen LogP contribution in [0.4, 0.5) is 0 Å². The van der Waals surface area contributed by atoms with Crippen molar-refractivity contribution < 1.29 is 14.3 Å². The summed E-state index contributed by atoms with van der Waals surface area (Å²) >= 11 is 0. The number of nitrogens with one attached hydrogen (secondary N) is 1.